The first kappa shape index (κ1) is 29.0. The zero-order valence-corrected chi connectivity index (χ0v) is 23.6. The van der Waals surface area contributed by atoms with Gasteiger partial charge in [-0.05, 0) is 84.3 Å². The van der Waals surface area contributed by atoms with Gasteiger partial charge >= 0.3 is 16.3 Å². The fourth-order valence-corrected chi connectivity index (χ4v) is 5.89. The molecule has 4 rings (SSSR count). The number of hydrogen-bond acceptors (Lipinski definition) is 7. The number of allylic oxidation sites excluding steroid dienone is 2. The van der Waals surface area contributed by atoms with Crippen molar-refractivity contribution >= 4 is 22.2 Å². The average molecular weight is 568 g/mol. The SMILES string of the molecule is CCN(C(=O)OC(C)(C)C)C1=C2NC(=O)[C@@](C)(N3CCC[C@@H](Oc4ccc(S(=O)(=O)F)cc4)C3)C2CC(F)=C1. The predicted molar refractivity (Wildman–Crippen MR) is 139 cm³/mol. The summed E-state index contributed by atoms with van der Waals surface area (Å²) in [5.74, 6) is -0.910. The van der Waals surface area contributed by atoms with Gasteiger partial charge in [-0.2, -0.15) is 8.42 Å². The molecule has 0 aromatic heterocycles. The number of likely N-dealkylation sites (N-methyl/N-ethyl adjacent to an activating group) is 1. The fourth-order valence-electron chi connectivity index (χ4n) is 5.43. The van der Waals surface area contributed by atoms with Crippen molar-refractivity contribution in [2.45, 2.75) is 76.0 Å². The molecule has 2 aliphatic heterocycles. The molecule has 1 aromatic carbocycles. The molecule has 0 spiro atoms. The van der Waals surface area contributed by atoms with E-state index in [1.807, 2.05) is 4.90 Å². The van der Waals surface area contributed by atoms with Gasteiger partial charge in [-0.25, -0.2) is 9.18 Å². The Morgan fingerprint density at radius 2 is 1.92 bits per heavy atom. The number of nitrogens with one attached hydrogen (secondary N) is 1. The molecule has 2 amide bonds. The summed E-state index contributed by atoms with van der Waals surface area (Å²) in [4.78, 5) is 29.3. The first-order valence-corrected chi connectivity index (χ1v) is 14.4. The molecular formula is C27H35F2N3O6S. The van der Waals surface area contributed by atoms with Gasteiger partial charge in [0.25, 0.3) is 0 Å². The lowest BCUT2D eigenvalue weighted by Gasteiger charge is -2.45. The highest BCUT2D eigenvalue weighted by Crippen LogP contribution is 2.45. The summed E-state index contributed by atoms with van der Waals surface area (Å²) in [6.07, 6.45) is 1.72. The summed E-state index contributed by atoms with van der Waals surface area (Å²) in [5.41, 5.74) is -1.08. The van der Waals surface area contributed by atoms with Crippen molar-refractivity contribution in [3.63, 3.8) is 0 Å². The highest BCUT2D eigenvalue weighted by molar-refractivity contribution is 7.86. The molecule has 1 N–H and O–H groups in total. The minimum atomic E-state index is -4.81. The van der Waals surface area contributed by atoms with Gasteiger partial charge in [-0.1, -0.05) is 0 Å². The molecule has 12 heteroatoms. The lowest BCUT2D eigenvalue weighted by molar-refractivity contribution is -0.132. The van der Waals surface area contributed by atoms with Crippen molar-refractivity contribution in [2.75, 3.05) is 19.6 Å². The van der Waals surface area contributed by atoms with Crippen LogP contribution < -0.4 is 10.1 Å². The van der Waals surface area contributed by atoms with Crippen LogP contribution in [0.15, 0.2) is 52.5 Å². The Kier molecular flexibility index (Phi) is 7.83. The number of carbonyl (C=O) groups is 2. The van der Waals surface area contributed by atoms with Gasteiger partial charge in [-0.3, -0.25) is 14.6 Å². The molecule has 2 heterocycles. The minimum Gasteiger partial charge on any atom is -0.489 e. The molecule has 2 fully saturated rings. The van der Waals surface area contributed by atoms with Crippen LogP contribution in [0.5, 0.6) is 5.75 Å². The van der Waals surface area contributed by atoms with Crippen LogP contribution in [0, 0.1) is 5.92 Å². The summed E-state index contributed by atoms with van der Waals surface area (Å²) < 4.78 is 62.1. The maximum atomic E-state index is 15.1. The second-order valence-corrected chi connectivity index (χ2v) is 12.6. The molecule has 1 aromatic rings. The van der Waals surface area contributed by atoms with E-state index < -0.39 is 44.1 Å². The molecule has 9 nitrogen and oxygen atoms in total. The van der Waals surface area contributed by atoms with Crippen LogP contribution >= 0.6 is 0 Å². The van der Waals surface area contributed by atoms with E-state index in [4.69, 9.17) is 9.47 Å². The third-order valence-electron chi connectivity index (χ3n) is 7.37. The Balaban J connectivity index is 1.58. The molecule has 0 radical (unpaired) electrons. The van der Waals surface area contributed by atoms with E-state index in [1.54, 1.807) is 34.6 Å². The summed E-state index contributed by atoms with van der Waals surface area (Å²) >= 11 is 0. The van der Waals surface area contributed by atoms with E-state index in [-0.39, 0.29) is 30.7 Å². The third-order valence-corrected chi connectivity index (χ3v) is 8.20. The van der Waals surface area contributed by atoms with Gasteiger partial charge in [0.15, 0.2) is 0 Å². The number of ether oxygens (including phenoxy) is 2. The van der Waals surface area contributed by atoms with Crippen molar-refractivity contribution in [1.29, 1.82) is 0 Å². The number of rotatable bonds is 6. The van der Waals surface area contributed by atoms with Crippen molar-refractivity contribution in [1.82, 2.24) is 15.1 Å². The van der Waals surface area contributed by atoms with Crippen molar-refractivity contribution in [3.8, 4) is 5.75 Å². The minimum absolute atomic E-state index is 0.00113. The fraction of sp³-hybridized carbons (Fsp3) is 0.556. The number of fused-ring (bicyclic) bond motifs is 1. The Bertz CT molecular complexity index is 1310. The predicted octanol–water partition coefficient (Wildman–Crippen LogP) is 4.42. The Labute approximate surface area is 228 Å². The van der Waals surface area contributed by atoms with Crippen LogP contribution in [0.3, 0.4) is 0 Å². The Morgan fingerprint density at radius 3 is 2.51 bits per heavy atom. The number of halogens is 2. The zero-order chi connectivity index (χ0) is 28.8. The number of carbonyl (C=O) groups excluding carboxylic acids is 2. The molecular weight excluding hydrogens is 532 g/mol. The third kappa shape index (κ3) is 5.96. The van der Waals surface area contributed by atoms with Crippen LogP contribution in [0.1, 0.15) is 53.9 Å². The zero-order valence-electron chi connectivity index (χ0n) is 22.8. The summed E-state index contributed by atoms with van der Waals surface area (Å²) in [5, 5.41) is 2.94. The number of piperidine rings is 1. The lowest BCUT2D eigenvalue weighted by atomic mass is 9.78. The normalized spacial score (nSPS) is 26.0. The van der Waals surface area contributed by atoms with E-state index in [2.05, 4.69) is 5.32 Å². The van der Waals surface area contributed by atoms with E-state index in [9.17, 15) is 21.9 Å². The Hall–Kier alpha value is -2.99. The molecule has 1 aliphatic carbocycles. The largest absolute Gasteiger partial charge is 0.489 e. The molecule has 2 saturated heterocycles. The second kappa shape index (κ2) is 10.5. The average Bonchev–Trinajstić information content (AvgIpc) is 3.09. The highest BCUT2D eigenvalue weighted by atomic mass is 32.3. The number of likely N-dealkylation sites (tertiary alicyclic amines) is 1. The molecule has 3 aliphatic rings. The second-order valence-electron chi connectivity index (χ2n) is 11.2. The number of benzene rings is 1. The summed E-state index contributed by atoms with van der Waals surface area (Å²) in [6.45, 7) is 9.94. The van der Waals surface area contributed by atoms with Crippen LogP contribution in [0.4, 0.5) is 13.1 Å². The van der Waals surface area contributed by atoms with E-state index >= 15 is 4.39 Å². The smallest absolute Gasteiger partial charge is 0.414 e. The lowest BCUT2D eigenvalue weighted by Crippen LogP contribution is -2.59. The van der Waals surface area contributed by atoms with E-state index in [0.29, 0.717) is 37.4 Å². The van der Waals surface area contributed by atoms with Crippen LogP contribution in [0.2, 0.25) is 0 Å². The molecule has 1 unspecified atom stereocenters. The maximum absolute atomic E-state index is 15.1. The molecule has 0 saturated carbocycles. The van der Waals surface area contributed by atoms with Gasteiger partial charge in [0.05, 0.1) is 10.6 Å². The quantitative estimate of drug-likeness (QED) is 0.508. The van der Waals surface area contributed by atoms with E-state index in [0.717, 1.165) is 12.1 Å². The summed E-state index contributed by atoms with van der Waals surface area (Å²) in [7, 11) is -4.81. The van der Waals surface area contributed by atoms with Gasteiger partial charge in [0.2, 0.25) is 5.91 Å². The monoisotopic (exact) mass is 567 g/mol. The topological polar surface area (TPSA) is 105 Å². The summed E-state index contributed by atoms with van der Waals surface area (Å²) in [6, 6.07) is 5.05. The highest BCUT2D eigenvalue weighted by Gasteiger charge is 2.56. The van der Waals surface area contributed by atoms with Crippen LogP contribution in [-0.2, 0) is 19.8 Å². The maximum Gasteiger partial charge on any atom is 0.414 e. The standard InChI is InChI=1S/C27H35F2N3O6S/c1-6-32(25(34)38-26(2,3)4)22-15-17(28)14-21-23(22)30-24(33)27(21,5)31-13-7-8-19(16-31)37-18-9-11-20(12-10-18)39(29,35)36/h9-12,15,19,21H,6-8,13-14,16H2,1-5H3,(H,30,33)/t19-,21?,27+/m1/s1. The molecule has 39 heavy (non-hydrogen) atoms. The number of nitrogens with zero attached hydrogens (tertiary/aromatic N) is 2. The number of amides is 2. The van der Waals surface area contributed by atoms with Crippen molar-refractivity contribution in [3.05, 3.63) is 47.6 Å². The molecule has 3 atom stereocenters. The van der Waals surface area contributed by atoms with Gasteiger partial charge in [-0.15, -0.1) is 3.89 Å². The van der Waals surface area contributed by atoms with Crippen molar-refractivity contribution in [2.24, 2.45) is 5.92 Å². The van der Waals surface area contributed by atoms with Crippen LogP contribution in [-0.4, -0.2) is 67.1 Å². The molecule has 0 bridgehead atoms. The Morgan fingerprint density at radius 1 is 1.26 bits per heavy atom. The van der Waals surface area contributed by atoms with Gasteiger partial charge < -0.3 is 14.8 Å². The van der Waals surface area contributed by atoms with Gasteiger partial charge in [0.1, 0.15) is 28.8 Å². The first-order valence-electron chi connectivity index (χ1n) is 13.0. The van der Waals surface area contributed by atoms with E-state index in [1.165, 1.54) is 23.1 Å². The van der Waals surface area contributed by atoms with Crippen molar-refractivity contribution < 1.29 is 35.8 Å². The molecule has 214 valence electrons. The van der Waals surface area contributed by atoms with Gasteiger partial charge in [0, 0.05) is 31.1 Å². The number of hydrogen-bond donors (Lipinski definition) is 1. The van der Waals surface area contributed by atoms with Crippen LogP contribution in [0.25, 0.3) is 0 Å². The first-order chi connectivity index (χ1) is 18.1.